The predicted octanol–water partition coefficient (Wildman–Crippen LogP) is 11.7. The lowest BCUT2D eigenvalue weighted by molar-refractivity contribution is 0.125. The Labute approximate surface area is 283 Å². The van der Waals surface area contributed by atoms with Crippen molar-refractivity contribution in [1.29, 1.82) is 0 Å². The topological polar surface area (TPSA) is 38.7 Å². The molecule has 0 bridgehead atoms. The van der Waals surface area contributed by atoms with Crippen molar-refractivity contribution in [3.05, 3.63) is 113 Å². The third kappa shape index (κ3) is 5.62. The molecule has 0 saturated heterocycles. The first kappa shape index (κ1) is 32.8. The molecule has 6 rings (SSSR count). The van der Waals surface area contributed by atoms with Crippen LogP contribution in [0, 0.1) is 5.41 Å². The van der Waals surface area contributed by atoms with E-state index in [1.807, 2.05) is 6.20 Å². The zero-order chi connectivity index (χ0) is 34.2. The van der Waals surface area contributed by atoms with Crippen molar-refractivity contribution in [1.82, 2.24) is 15.0 Å². The summed E-state index contributed by atoms with van der Waals surface area (Å²) in [6.07, 6.45) is 1.96. The number of fused-ring (bicyclic) bond motifs is 1. The van der Waals surface area contributed by atoms with Crippen molar-refractivity contribution in [2.45, 2.75) is 105 Å². The summed E-state index contributed by atoms with van der Waals surface area (Å²) in [6, 6.07) is 30.8. The van der Waals surface area contributed by atoms with E-state index in [0.29, 0.717) is 5.82 Å². The molecule has 0 saturated carbocycles. The van der Waals surface area contributed by atoms with Crippen molar-refractivity contribution < 1.29 is 0 Å². The monoisotopic (exact) mass is 621 g/mol. The first-order chi connectivity index (χ1) is 21.8. The quantitative estimate of drug-likeness (QED) is 0.200. The van der Waals surface area contributed by atoms with Gasteiger partial charge >= 0.3 is 0 Å². The van der Waals surface area contributed by atoms with E-state index in [9.17, 15) is 0 Å². The van der Waals surface area contributed by atoms with Gasteiger partial charge in [-0.2, -0.15) is 0 Å². The Kier molecular flexibility index (Phi) is 7.66. The Balaban J connectivity index is 1.40. The van der Waals surface area contributed by atoms with Crippen molar-refractivity contribution >= 4 is 0 Å². The molecule has 2 aromatic heterocycles. The standard InChI is InChI=1S/C44H51N3/c1-40(2,3)32-19-13-28(14-20-32)37-26-38(47-39(46-37)29-15-21-33(22-16-29)41(4,5)6)31-18-24-36(45-27-31)30-17-23-34-35(25-30)43(9,10)44(11,12)42(34,7)8/h13-27H,1-12H3. The molecule has 0 aliphatic heterocycles. The van der Waals surface area contributed by atoms with Gasteiger partial charge in [0.25, 0.3) is 0 Å². The summed E-state index contributed by atoms with van der Waals surface area (Å²) in [7, 11) is 0. The van der Waals surface area contributed by atoms with Gasteiger partial charge in [0, 0.05) is 28.5 Å². The highest BCUT2D eigenvalue weighted by Crippen LogP contribution is 2.61. The molecule has 0 unspecified atom stereocenters. The molecule has 0 amide bonds. The Bertz CT molecular complexity index is 1850. The van der Waals surface area contributed by atoms with E-state index >= 15 is 0 Å². The van der Waals surface area contributed by atoms with Crippen molar-refractivity contribution in [2.75, 3.05) is 0 Å². The molecular weight excluding hydrogens is 571 g/mol. The van der Waals surface area contributed by atoms with Crippen LogP contribution >= 0.6 is 0 Å². The van der Waals surface area contributed by atoms with Crippen molar-refractivity contribution in [2.24, 2.45) is 5.41 Å². The third-order valence-corrected chi connectivity index (χ3v) is 11.6. The summed E-state index contributed by atoms with van der Waals surface area (Å²) in [5.41, 5.74) is 12.8. The molecule has 0 radical (unpaired) electrons. The average Bonchev–Trinajstić information content (AvgIpc) is 3.13. The van der Waals surface area contributed by atoms with E-state index in [1.165, 1.54) is 22.3 Å². The van der Waals surface area contributed by atoms with Gasteiger partial charge in [-0.25, -0.2) is 9.97 Å². The number of pyridine rings is 1. The maximum atomic E-state index is 5.10. The minimum atomic E-state index is 0.0473. The zero-order valence-corrected chi connectivity index (χ0v) is 30.5. The van der Waals surface area contributed by atoms with Gasteiger partial charge in [-0.05, 0) is 73.6 Å². The summed E-state index contributed by atoms with van der Waals surface area (Å²) in [5.74, 6) is 0.716. The lowest BCUT2D eigenvalue weighted by atomic mass is 9.59. The lowest BCUT2D eigenvalue weighted by Gasteiger charge is -2.44. The number of aromatic nitrogens is 3. The number of rotatable bonds is 4. The van der Waals surface area contributed by atoms with Crippen LogP contribution in [0.3, 0.4) is 0 Å². The fourth-order valence-electron chi connectivity index (χ4n) is 7.07. The van der Waals surface area contributed by atoms with Gasteiger partial charge in [0.15, 0.2) is 5.82 Å². The van der Waals surface area contributed by atoms with Gasteiger partial charge in [-0.15, -0.1) is 0 Å². The molecule has 3 aromatic carbocycles. The minimum Gasteiger partial charge on any atom is -0.256 e. The Morgan fingerprint density at radius 3 is 1.43 bits per heavy atom. The predicted molar refractivity (Wildman–Crippen MR) is 199 cm³/mol. The van der Waals surface area contributed by atoms with Crippen LogP contribution in [0.1, 0.15) is 105 Å². The normalized spacial score (nSPS) is 16.6. The third-order valence-electron chi connectivity index (χ3n) is 11.6. The summed E-state index contributed by atoms with van der Waals surface area (Å²) in [5, 5.41) is 0. The molecule has 47 heavy (non-hydrogen) atoms. The van der Waals surface area contributed by atoms with Crippen LogP contribution in [0.2, 0.25) is 0 Å². The molecule has 3 nitrogen and oxygen atoms in total. The van der Waals surface area contributed by atoms with E-state index in [0.717, 1.165) is 39.3 Å². The van der Waals surface area contributed by atoms with Gasteiger partial charge in [0.1, 0.15) is 0 Å². The highest BCUT2D eigenvalue weighted by atomic mass is 14.9. The fraction of sp³-hybridized carbons (Fsp3) is 0.386. The first-order valence-corrected chi connectivity index (χ1v) is 17.0. The van der Waals surface area contributed by atoms with Crippen LogP contribution in [0.25, 0.3) is 45.2 Å². The molecule has 1 aliphatic carbocycles. The Morgan fingerprint density at radius 2 is 0.915 bits per heavy atom. The molecule has 1 aliphatic rings. The smallest absolute Gasteiger partial charge is 0.160 e. The van der Waals surface area contributed by atoms with Crippen molar-refractivity contribution in [3.8, 4) is 45.2 Å². The second kappa shape index (κ2) is 11.0. The van der Waals surface area contributed by atoms with Gasteiger partial charge in [0.2, 0.25) is 0 Å². The molecule has 3 heteroatoms. The Morgan fingerprint density at radius 1 is 0.447 bits per heavy atom. The van der Waals surface area contributed by atoms with Crippen LogP contribution < -0.4 is 0 Å². The van der Waals surface area contributed by atoms with E-state index < -0.39 is 0 Å². The number of nitrogens with zero attached hydrogens (tertiary/aromatic N) is 3. The average molecular weight is 622 g/mol. The highest BCUT2D eigenvalue weighted by Gasteiger charge is 2.56. The largest absolute Gasteiger partial charge is 0.256 e. The van der Waals surface area contributed by atoms with E-state index in [4.69, 9.17) is 15.0 Å². The fourth-order valence-corrected chi connectivity index (χ4v) is 7.07. The van der Waals surface area contributed by atoms with Crippen LogP contribution in [0.5, 0.6) is 0 Å². The van der Waals surface area contributed by atoms with E-state index in [1.54, 1.807) is 0 Å². The maximum Gasteiger partial charge on any atom is 0.160 e. The molecule has 242 valence electrons. The molecule has 0 fully saturated rings. The molecule has 0 spiro atoms. The maximum absolute atomic E-state index is 5.10. The summed E-state index contributed by atoms with van der Waals surface area (Å²) < 4.78 is 0. The lowest BCUT2D eigenvalue weighted by Crippen LogP contribution is -2.42. The molecule has 0 N–H and O–H groups in total. The number of hydrogen-bond donors (Lipinski definition) is 0. The SMILES string of the molecule is CC(C)(C)c1ccc(-c2cc(-c3ccc(-c4ccc5c(c4)C(C)(C)C(C)(C)C5(C)C)nc3)nc(-c3ccc(C(C)(C)C)cc3)n2)cc1. The van der Waals surface area contributed by atoms with Gasteiger partial charge in [0.05, 0.1) is 17.1 Å². The minimum absolute atomic E-state index is 0.0473. The highest BCUT2D eigenvalue weighted by molar-refractivity contribution is 5.73. The van der Waals surface area contributed by atoms with Crippen LogP contribution in [-0.4, -0.2) is 15.0 Å². The number of benzene rings is 3. The second-order valence-corrected chi connectivity index (χ2v) is 17.2. The summed E-state index contributed by atoms with van der Waals surface area (Å²) in [6.45, 7) is 27.8. The van der Waals surface area contributed by atoms with Crippen LogP contribution in [0.15, 0.2) is 91.1 Å². The first-order valence-electron chi connectivity index (χ1n) is 17.0. The van der Waals surface area contributed by atoms with Gasteiger partial charge in [-0.1, -0.05) is 144 Å². The Hall–Kier alpha value is -4.11. The van der Waals surface area contributed by atoms with Gasteiger partial charge < -0.3 is 0 Å². The van der Waals surface area contributed by atoms with Crippen molar-refractivity contribution in [3.63, 3.8) is 0 Å². The number of hydrogen-bond acceptors (Lipinski definition) is 3. The van der Waals surface area contributed by atoms with E-state index in [2.05, 4.69) is 168 Å². The molecular formula is C44H51N3. The molecule has 2 heterocycles. The van der Waals surface area contributed by atoms with Gasteiger partial charge in [-0.3, -0.25) is 4.98 Å². The zero-order valence-electron chi connectivity index (χ0n) is 30.5. The van der Waals surface area contributed by atoms with E-state index in [-0.39, 0.29) is 27.1 Å². The molecule has 5 aromatic rings. The second-order valence-electron chi connectivity index (χ2n) is 17.2. The van der Waals surface area contributed by atoms with Crippen LogP contribution in [0.4, 0.5) is 0 Å². The molecule has 0 atom stereocenters. The van der Waals surface area contributed by atoms with Crippen LogP contribution in [-0.2, 0) is 21.7 Å². The summed E-state index contributed by atoms with van der Waals surface area (Å²) in [4.78, 5) is 15.2. The summed E-state index contributed by atoms with van der Waals surface area (Å²) >= 11 is 0.